The Balaban J connectivity index is 2.15. The number of aromatic amines is 1. The summed E-state index contributed by atoms with van der Waals surface area (Å²) in [6.07, 6.45) is 0. The van der Waals surface area contributed by atoms with E-state index in [0.29, 0.717) is 33.1 Å². The smallest absolute Gasteiger partial charge is 0.182 e. The van der Waals surface area contributed by atoms with E-state index in [1.807, 2.05) is 0 Å². The molecule has 1 aromatic carbocycles. The minimum atomic E-state index is -0.690. The van der Waals surface area contributed by atoms with E-state index in [0.717, 1.165) is 6.07 Å². The number of pyridine rings is 1. The molecule has 0 spiro atoms. The molecule has 0 saturated heterocycles. The molecule has 0 aliphatic carbocycles. The summed E-state index contributed by atoms with van der Waals surface area (Å²) < 4.78 is 14.4. The molecule has 7 nitrogen and oxygen atoms in total. The predicted octanol–water partition coefficient (Wildman–Crippen LogP) is 3.36. The molecule has 0 amide bonds. The summed E-state index contributed by atoms with van der Waals surface area (Å²) in [5.41, 5.74) is 8.19. The van der Waals surface area contributed by atoms with Crippen LogP contribution in [0.4, 0.5) is 9.52 Å². The number of nitrogens with one attached hydrogen (secondary N) is 1. The summed E-state index contributed by atoms with van der Waals surface area (Å²) in [6, 6.07) is 5.79. The zero-order valence-electron chi connectivity index (χ0n) is 13.4. The van der Waals surface area contributed by atoms with Gasteiger partial charge in [-0.05, 0) is 19.1 Å². The molecule has 26 heavy (non-hydrogen) atoms. The SMILES string of the molecule is Cc1[nH]nc2nc(-c3ccc(O)cc3F)c(C#N)c(-c3csc(N)n3)c12. The van der Waals surface area contributed by atoms with Crippen molar-refractivity contribution in [3.63, 3.8) is 0 Å². The fourth-order valence-corrected chi connectivity index (χ4v) is 3.41. The van der Waals surface area contributed by atoms with Gasteiger partial charge in [-0.2, -0.15) is 10.4 Å². The zero-order chi connectivity index (χ0) is 18.4. The number of thiazole rings is 1. The number of halogens is 1. The third-order valence-electron chi connectivity index (χ3n) is 3.98. The molecule has 0 unspecified atom stereocenters. The Kier molecular flexibility index (Phi) is 3.56. The third-order valence-corrected chi connectivity index (χ3v) is 4.65. The van der Waals surface area contributed by atoms with Crippen LogP contribution in [0.15, 0.2) is 23.6 Å². The van der Waals surface area contributed by atoms with Gasteiger partial charge in [0.05, 0.1) is 22.3 Å². The number of aryl methyl sites for hydroxylation is 1. The third kappa shape index (κ3) is 2.35. The van der Waals surface area contributed by atoms with Gasteiger partial charge in [-0.25, -0.2) is 14.4 Å². The summed E-state index contributed by atoms with van der Waals surface area (Å²) in [7, 11) is 0. The molecule has 0 aliphatic heterocycles. The van der Waals surface area contributed by atoms with Crippen LogP contribution < -0.4 is 5.73 Å². The molecule has 4 aromatic rings. The van der Waals surface area contributed by atoms with Crippen LogP contribution in [-0.4, -0.2) is 25.3 Å². The fraction of sp³-hybridized carbons (Fsp3) is 0.0588. The van der Waals surface area contributed by atoms with Crippen molar-refractivity contribution in [2.75, 3.05) is 5.73 Å². The molecule has 4 rings (SSSR count). The van der Waals surface area contributed by atoms with E-state index in [-0.39, 0.29) is 22.6 Å². The molecule has 0 bridgehead atoms. The van der Waals surface area contributed by atoms with Crippen molar-refractivity contribution in [3.05, 3.63) is 40.7 Å². The standard InChI is InChI=1S/C17H11FN6OS/c1-7-13-14(12-6-26-17(20)21-12)10(5-19)15(22-16(13)24-23-7)9-3-2-8(25)4-11(9)18/h2-4,6,25H,1H3,(H2,20,21)(H,22,23,24). The van der Waals surface area contributed by atoms with E-state index in [9.17, 15) is 14.8 Å². The van der Waals surface area contributed by atoms with Gasteiger partial charge in [-0.15, -0.1) is 11.3 Å². The second-order valence-corrected chi connectivity index (χ2v) is 6.49. The number of hydrogen-bond donors (Lipinski definition) is 3. The number of hydrogen-bond acceptors (Lipinski definition) is 7. The zero-order valence-corrected chi connectivity index (χ0v) is 14.2. The van der Waals surface area contributed by atoms with Gasteiger partial charge in [0.15, 0.2) is 10.8 Å². The highest BCUT2D eigenvalue weighted by molar-refractivity contribution is 7.13. The minimum Gasteiger partial charge on any atom is -0.508 e. The number of nitriles is 1. The lowest BCUT2D eigenvalue weighted by Crippen LogP contribution is -1.98. The van der Waals surface area contributed by atoms with Gasteiger partial charge in [-0.1, -0.05) is 0 Å². The number of anilines is 1. The minimum absolute atomic E-state index is 0.0892. The molecule has 0 fully saturated rings. The number of aromatic hydroxyl groups is 1. The van der Waals surface area contributed by atoms with Gasteiger partial charge in [0, 0.05) is 28.3 Å². The van der Waals surface area contributed by atoms with Crippen LogP contribution in [-0.2, 0) is 0 Å². The highest BCUT2D eigenvalue weighted by Gasteiger charge is 2.24. The molecular weight excluding hydrogens is 355 g/mol. The van der Waals surface area contributed by atoms with E-state index in [1.165, 1.54) is 23.5 Å². The van der Waals surface area contributed by atoms with Crippen molar-refractivity contribution < 1.29 is 9.50 Å². The van der Waals surface area contributed by atoms with Crippen LogP contribution in [0.25, 0.3) is 33.5 Å². The number of phenols is 1. The molecule has 0 saturated carbocycles. The first-order chi connectivity index (χ1) is 12.5. The molecule has 3 heterocycles. The van der Waals surface area contributed by atoms with Gasteiger partial charge >= 0.3 is 0 Å². The fourth-order valence-electron chi connectivity index (χ4n) is 2.86. The number of aromatic nitrogens is 4. The first-order valence-corrected chi connectivity index (χ1v) is 8.36. The molecule has 9 heteroatoms. The van der Waals surface area contributed by atoms with E-state index in [2.05, 4.69) is 26.2 Å². The Bertz CT molecular complexity index is 1210. The number of benzene rings is 1. The van der Waals surface area contributed by atoms with Crippen LogP contribution in [0.2, 0.25) is 0 Å². The normalized spacial score (nSPS) is 11.0. The van der Waals surface area contributed by atoms with Gasteiger partial charge in [0.25, 0.3) is 0 Å². The number of nitrogens with two attached hydrogens (primary N) is 1. The summed E-state index contributed by atoms with van der Waals surface area (Å²) >= 11 is 1.24. The van der Waals surface area contributed by atoms with Gasteiger partial charge < -0.3 is 10.8 Å². The van der Waals surface area contributed by atoms with E-state index < -0.39 is 5.82 Å². The average molecular weight is 366 g/mol. The highest BCUT2D eigenvalue weighted by Crippen LogP contribution is 2.38. The molecule has 0 atom stereocenters. The molecule has 0 aliphatic rings. The monoisotopic (exact) mass is 366 g/mol. The summed E-state index contributed by atoms with van der Waals surface area (Å²) in [5.74, 6) is -0.904. The van der Waals surface area contributed by atoms with Crippen molar-refractivity contribution in [2.45, 2.75) is 6.92 Å². The second-order valence-electron chi connectivity index (χ2n) is 5.60. The Morgan fingerprint density at radius 3 is 2.81 bits per heavy atom. The number of fused-ring (bicyclic) bond motifs is 1. The Morgan fingerprint density at radius 2 is 2.15 bits per heavy atom. The van der Waals surface area contributed by atoms with E-state index in [4.69, 9.17) is 5.73 Å². The van der Waals surface area contributed by atoms with Crippen LogP contribution in [0, 0.1) is 24.1 Å². The molecule has 0 radical (unpaired) electrons. The second kappa shape index (κ2) is 5.79. The first-order valence-electron chi connectivity index (χ1n) is 7.48. The molecule has 4 N–H and O–H groups in total. The lowest BCUT2D eigenvalue weighted by molar-refractivity contribution is 0.469. The predicted molar refractivity (Wildman–Crippen MR) is 95.9 cm³/mol. The molecular formula is C17H11FN6OS. The van der Waals surface area contributed by atoms with Gasteiger partial charge in [-0.3, -0.25) is 5.10 Å². The number of phenolic OH excluding ortho intramolecular Hbond substituents is 1. The van der Waals surface area contributed by atoms with E-state index in [1.54, 1.807) is 12.3 Å². The molecule has 128 valence electrons. The number of H-pyrrole nitrogens is 1. The highest BCUT2D eigenvalue weighted by atomic mass is 32.1. The first kappa shape index (κ1) is 16.0. The molecule has 3 aromatic heterocycles. The number of nitrogens with zero attached hydrogens (tertiary/aromatic N) is 4. The maximum absolute atomic E-state index is 14.4. The van der Waals surface area contributed by atoms with E-state index >= 15 is 0 Å². The van der Waals surface area contributed by atoms with Crippen LogP contribution >= 0.6 is 11.3 Å². The van der Waals surface area contributed by atoms with Crippen molar-refractivity contribution >= 4 is 27.5 Å². The van der Waals surface area contributed by atoms with Crippen LogP contribution in [0.1, 0.15) is 11.3 Å². The average Bonchev–Trinajstić information content (AvgIpc) is 3.19. The summed E-state index contributed by atoms with van der Waals surface area (Å²) in [6.45, 7) is 1.80. The Hall–Kier alpha value is -3.51. The maximum atomic E-state index is 14.4. The van der Waals surface area contributed by atoms with Crippen LogP contribution in [0.5, 0.6) is 5.75 Å². The quantitative estimate of drug-likeness (QED) is 0.500. The summed E-state index contributed by atoms with van der Waals surface area (Å²) in [4.78, 5) is 8.65. The van der Waals surface area contributed by atoms with Gasteiger partial charge in [0.1, 0.15) is 17.6 Å². The summed E-state index contributed by atoms with van der Waals surface area (Å²) in [5, 5.41) is 29.0. The Morgan fingerprint density at radius 1 is 1.35 bits per heavy atom. The lowest BCUT2D eigenvalue weighted by atomic mass is 9.96. The number of rotatable bonds is 2. The largest absolute Gasteiger partial charge is 0.508 e. The topological polar surface area (TPSA) is 124 Å². The number of nitrogen functional groups attached to an aromatic ring is 1. The van der Waals surface area contributed by atoms with Crippen molar-refractivity contribution in [1.82, 2.24) is 20.2 Å². The van der Waals surface area contributed by atoms with Crippen molar-refractivity contribution in [2.24, 2.45) is 0 Å². The van der Waals surface area contributed by atoms with Crippen LogP contribution in [0.3, 0.4) is 0 Å². The Labute approximate surface area is 150 Å². The van der Waals surface area contributed by atoms with Crippen molar-refractivity contribution in [3.8, 4) is 34.3 Å². The maximum Gasteiger partial charge on any atom is 0.182 e. The lowest BCUT2D eigenvalue weighted by Gasteiger charge is -2.10. The van der Waals surface area contributed by atoms with Gasteiger partial charge in [0.2, 0.25) is 0 Å². The van der Waals surface area contributed by atoms with Crippen molar-refractivity contribution in [1.29, 1.82) is 5.26 Å².